The van der Waals surface area contributed by atoms with E-state index in [0.717, 1.165) is 0 Å². The van der Waals surface area contributed by atoms with Gasteiger partial charge in [0.05, 0.1) is 11.1 Å². The van der Waals surface area contributed by atoms with Gasteiger partial charge < -0.3 is 5.11 Å². The third-order valence-electron chi connectivity index (χ3n) is 1.20. The molecule has 0 aromatic heterocycles. The Morgan fingerprint density at radius 3 is 2.70 bits per heavy atom. The molecule has 0 saturated heterocycles. The Balaban J connectivity index is 3.14. The molecule has 1 nitrogen and oxygen atoms in total. The molecule has 0 aliphatic carbocycles. The first-order valence-electron chi connectivity index (χ1n) is 2.79. The van der Waals surface area contributed by atoms with Gasteiger partial charge in [-0.25, -0.2) is 4.39 Å². The summed E-state index contributed by atoms with van der Waals surface area (Å²) in [5.41, 5.74) is 0.569. The molecule has 0 saturated carbocycles. The van der Waals surface area contributed by atoms with E-state index in [1.807, 2.05) is 0 Å². The van der Waals surface area contributed by atoms with Gasteiger partial charge >= 0.3 is 0 Å². The van der Waals surface area contributed by atoms with Crippen molar-refractivity contribution in [1.29, 1.82) is 0 Å². The second-order valence-corrected chi connectivity index (χ2v) is 2.66. The van der Waals surface area contributed by atoms with Crippen LogP contribution in [0.15, 0.2) is 22.7 Å². The molecule has 0 fully saturated rings. The van der Waals surface area contributed by atoms with Crippen molar-refractivity contribution < 1.29 is 9.50 Å². The highest BCUT2D eigenvalue weighted by Gasteiger charge is 2.01. The van der Waals surface area contributed by atoms with Gasteiger partial charge in [0.25, 0.3) is 0 Å². The second-order valence-electron chi connectivity index (χ2n) is 1.87. The summed E-state index contributed by atoms with van der Waals surface area (Å²) in [6.45, 7) is -0.141. The molecular weight excluding hydrogens is 199 g/mol. The molecular formula is C7H6BrFO. The number of halogens is 2. The van der Waals surface area contributed by atoms with E-state index in [9.17, 15) is 4.39 Å². The van der Waals surface area contributed by atoms with Crippen molar-refractivity contribution in [2.45, 2.75) is 6.61 Å². The van der Waals surface area contributed by atoms with E-state index < -0.39 is 0 Å². The molecule has 3 heteroatoms. The van der Waals surface area contributed by atoms with Crippen LogP contribution >= 0.6 is 15.9 Å². The summed E-state index contributed by atoms with van der Waals surface area (Å²) in [4.78, 5) is 0. The van der Waals surface area contributed by atoms with Crippen molar-refractivity contribution in [1.82, 2.24) is 0 Å². The first-order chi connectivity index (χ1) is 4.75. The van der Waals surface area contributed by atoms with E-state index in [1.54, 1.807) is 12.1 Å². The Morgan fingerprint density at radius 1 is 1.50 bits per heavy atom. The van der Waals surface area contributed by atoms with Gasteiger partial charge in [0, 0.05) is 0 Å². The third-order valence-corrected chi connectivity index (χ3v) is 2.09. The number of benzene rings is 1. The topological polar surface area (TPSA) is 20.2 Å². The standard InChI is InChI=1S/C7H6BrFO/c8-7-5(4-10)2-1-3-6(7)9/h1-3,10H,4H2. The van der Waals surface area contributed by atoms with E-state index in [-0.39, 0.29) is 12.4 Å². The summed E-state index contributed by atoms with van der Waals surface area (Å²) < 4.78 is 13.0. The fourth-order valence-corrected chi connectivity index (χ4v) is 1.06. The lowest BCUT2D eigenvalue weighted by Crippen LogP contribution is -1.87. The smallest absolute Gasteiger partial charge is 0.137 e. The van der Waals surface area contributed by atoms with Crippen molar-refractivity contribution >= 4 is 15.9 Å². The maximum Gasteiger partial charge on any atom is 0.137 e. The van der Waals surface area contributed by atoms with Gasteiger partial charge in [-0.2, -0.15) is 0 Å². The van der Waals surface area contributed by atoms with Crippen LogP contribution in [0.25, 0.3) is 0 Å². The largest absolute Gasteiger partial charge is 0.392 e. The molecule has 1 aromatic rings. The first-order valence-corrected chi connectivity index (χ1v) is 3.58. The summed E-state index contributed by atoms with van der Waals surface area (Å²) in [5, 5.41) is 8.65. The highest BCUT2D eigenvalue weighted by Crippen LogP contribution is 2.19. The molecule has 1 aromatic carbocycles. The lowest BCUT2D eigenvalue weighted by molar-refractivity contribution is 0.280. The minimum absolute atomic E-state index is 0.141. The van der Waals surface area contributed by atoms with Crippen LogP contribution in [0.5, 0.6) is 0 Å². The Hall–Kier alpha value is -0.410. The zero-order valence-corrected chi connectivity index (χ0v) is 6.73. The summed E-state index contributed by atoms with van der Waals surface area (Å²) in [7, 11) is 0. The number of hydrogen-bond donors (Lipinski definition) is 1. The van der Waals surface area contributed by atoms with Crippen LogP contribution in [-0.4, -0.2) is 5.11 Å². The fourth-order valence-electron chi connectivity index (χ4n) is 0.671. The molecule has 10 heavy (non-hydrogen) atoms. The van der Waals surface area contributed by atoms with Gasteiger partial charge in [-0.05, 0) is 27.6 Å². The van der Waals surface area contributed by atoms with E-state index in [4.69, 9.17) is 5.11 Å². The zero-order chi connectivity index (χ0) is 7.56. The van der Waals surface area contributed by atoms with Gasteiger partial charge in [0.15, 0.2) is 0 Å². The van der Waals surface area contributed by atoms with Crippen molar-refractivity contribution in [2.75, 3.05) is 0 Å². The van der Waals surface area contributed by atoms with Crippen molar-refractivity contribution in [2.24, 2.45) is 0 Å². The minimum atomic E-state index is -0.341. The van der Waals surface area contributed by atoms with E-state index in [0.29, 0.717) is 10.0 Å². The van der Waals surface area contributed by atoms with Crippen LogP contribution < -0.4 is 0 Å². The predicted molar refractivity (Wildman–Crippen MR) is 40.0 cm³/mol. The van der Waals surface area contributed by atoms with Crippen LogP contribution in [0.4, 0.5) is 4.39 Å². The lowest BCUT2D eigenvalue weighted by Gasteiger charge is -1.99. The van der Waals surface area contributed by atoms with Crippen LogP contribution in [0.3, 0.4) is 0 Å². The Bertz CT molecular complexity index is 237. The summed E-state index contributed by atoms with van der Waals surface area (Å²) in [6, 6.07) is 4.56. The molecule has 0 radical (unpaired) electrons. The molecule has 1 rings (SSSR count). The Kier molecular flexibility index (Phi) is 2.40. The molecule has 0 spiro atoms. The molecule has 54 valence electrons. The minimum Gasteiger partial charge on any atom is -0.392 e. The quantitative estimate of drug-likeness (QED) is 0.744. The predicted octanol–water partition coefficient (Wildman–Crippen LogP) is 2.08. The maximum absolute atomic E-state index is 12.6. The van der Waals surface area contributed by atoms with Crippen LogP contribution in [0, 0.1) is 5.82 Å². The second kappa shape index (κ2) is 3.12. The molecule has 0 aliphatic heterocycles. The highest BCUT2D eigenvalue weighted by atomic mass is 79.9. The van der Waals surface area contributed by atoms with Gasteiger partial charge in [-0.15, -0.1) is 0 Å². The molecule has 0 bridgehead atoms. The number of aliphatic hydroxyl groups excluding tert-OH is 1. The maximum atomic E-state index is 12.6. The summed E-state index contributed by atoms with van der Waals surface area (Å²) in [5.74, 6) is -0.341. The molecule has 0 atom stereocenters. The van der Waals surface area contributed by atoms with Crippen molar-refractivity contribution in [3.8, 4) is 0 Å². The SMILES string of the molecule is OCc1cccc(F)c1Br. The van der Waals surface area contributed by atoms with Crippen LogP contribution in [0.1, 0.15) is 5.56 Å². The zero-order valence-electron chi connectivity index (χ0n) is 5.14. The Morgan fingerprint density at radius 2 is 2.20 bits per heavy atom. The summed E-state index contributed by atoms with van der Waals surface area (Å²) in [6.07, 6.45) is 0. The Labute approximate surface area is 66.6 Å². The number of rotatable bonds is 1. The molecule has 0 amide bonds. The monoisotopic (exact) mass is 204 g/mol. The molecule has 1 N–H and O–H groups in total. The highest BCUT2D eigenvalue weighted by molar-refractivity contribution is 9.10. The van der Waals surface area contributed by atoms with Gasteiger partial charge in [0.1, 0.15) is 5.82 Å². The summed E-state index contributed by atoms with van der Waals surface area (Å²) >= 11 is 3.01. The average molecular weight is 205 g/mol. The average Bonchev–Trinajstić information content (AvgIpc) is 1.95. The first kappa shape index (κ1) is 7.69. The van der Waals surface area contributed by atoms with E-state index >= 15 is 0 Å². The van der Waals surface area contributed by atoms with E-state index in [1.165, 1.54) is 6.07 Å². The third kappa shape index (κ3) is 1.36. The fraction of sp³-hybridized carbons (Fsp3) is 0.143. The molecule has 0 heterocycles. The molecule has 0 aliphatic rings. The molecule has 0 unspecified atom stereocenters. The van der Waals surface area contributed by atoms with Crippen molar-refractivity contribution in [3.05, 3.63) is 34.1 Å². The van der Waals surface area contributed by atoms with Crippen molar-refractivity contribution in [3.63, 3.8) is 0 Å². The van der Waals surface area contributed by atoms with Crippen LogP contribution in [0.2, 0.25) is 0 Å². The number of hydrogen-bond acceptors (Lipinski definition) is 1. The number of aliphatic hydroxyl groups is 1. The lowest BCUT2D eigenvalue weighted by atomic mass is 10.2. The van der Waals surface area contributed by atoms with Crippen LogP contribution in [-0.2, 0) is 6.61 Å². The normalized spacial score (nSPS) is 9.90. The van der Waals surface area contributed by atoms with E-state index in [2.05, 4.69) is 15.9 Å². The van der Waals surface area contributed by atoms with Gasteiger partial charge in [-0.1, -0.05) is 12.1 Å². The van der Waals surface area contributed by atoms with Gasteiger partial charge in [-0.3, -0.25) is 0 Å². The van der Waals surface area contributed by atoms with Gasteiger partial charge in [0.2, 0.25) is 0 Å².